The fourth-order valence-corrected chi connectivity index (χ4v) is 3.76. The molecule has 0 aliphatic carbocycles. The Labute approximate surface area is 120 Å². The second kappa shape index (κ2) is 5.22. The number of nitrogens with zero attached hydrogens (tertiary/aromatic N) is 1. The average Bonchev–Trinajstić information content (AvgIpc) is 2.79. The van der Waals surface area contributed by atoms with Gasteiger partial charge in [-0.1, -0.05) is 6.07 Å². The number of benzene rings is 1. The number of carboxylic acid groups (broad SMARTS) is 1. The van der Waals surface area contributed by atoms with E-state index in [2.05, 4.69) is 9.71 Å². The number of aryl methyl sites for hydroxylation is 2. The first-order chi connectivity index (χ1) is 9.29. The number of hydrogen-bond donors (Lipinski definition) is 2. The quantitative estimate of drug-likeness (QED) is 0.902. The summed E-state index contributed by atoms with van der Waals surface area (Å²) in [5.41, 5.74) is 0.907. The highest BCUT2D eigenvalue weighted by molar-refractivity contribution is 7.94. The highest BCUT2D eigenvalue weighted by atomic mass is 32.2. The molecule has 0 amide bonds. The van der Waals surface area contributed by atoms with Crippen LogP contribution in [0, 0.1) is 13.8 Å². The summed E-state index contributed by atoms with van der Waals surface area (Å²) < 4.78 is 26.8. The zero-order valence-electron chi connectivity index (χ0n) is 10.7. The fraction of sp³-hybridized carbons (Fsp3) is 0.167. The number of aromatic carboxylic acids is 1. The van der Waals surface area contributed by atoms with Gasteiger partial charge in [-0.05, 0) is 31.5 Å². The molecule has 1 aromatic heterocycles. The van der Waals surface area contributed by atoms with Crippen molar-refractivity contribution in [3.05, 3.63) is 40.5 Å². The number of rotatable bonds is 4. The van der Waals surface area contributed by atoms with Crippen LogP contribution >= 0.6 is 11.3 Å². The van der Waals surface area contributed by atoms with Gasteiger partial charge in [-0.15, -0.1) is 11.3 Å². The van der Waals surface area contributed by atoms with Crippen molar-refractivity contribution in [1.82, 2.24) is 4.98 Å². The van der Waals surface area contributed by atoms with Gasteiger partial charge in [0.2, 0.25) is 0 Å². The van der Waals surface area contributed by atoms with Crippen molar-refractivity contribution in [2.45, 2.75) is 18.1 Å². The molecule has 0 saturated carbocycles. The largest absolute Gasteiger partial charge is 0.478 e. The zero-order chi connectivity index (χ0) is 14.9. The Morgan fingerprint density at radius 3 is 2.60 bits per heavy atom. The molecule has 0 atom stereocenters. The highest BCUT2D eigenvalue weighted by Gasteiger charge is 2.18. The first kappa shape index (κ1) is 14.5. The molecular weight excluding hydrogens is 300 g/mol. The number of carbonyl (C=O) groups is 1. The second-order valence-electron chi connectivity index (χ2n) is 4.14. The highest BCUT2D eigenvalue weighted by Crippen LogP contribution is 2.24. The Hall–Kier alpha value is -1.93. The lowest BCUT2D eigenvalue weighted by atomic mass is 10.1. The van der Waals surface area contributed by atoms with Crippen molar-refractivity contribution < 1.29 is 18.3 Å². The van der Waals surface area contributed by atoms with Crippen LogP contribution in [0.25, 0.3) is 0 Å². The zero-order valence-corrected chi connectivity index (χ0v) is 12.4. The Morgan fingerprint density at radius 2 is 2.05 bits per heavy atom. The molecule has 1 aromatic carbocycles. The van der Waals surface area contributed by atoms with Gasteiger partial charge in [0.05, 0.1) is 22.5 Å². The summed E-state index contributed by atoms with van der Waals surface area (Å²) in [5, 5.41) is 9.57. The smallest absolute Gasteiger partial charge is 0.335 e. The Kier molecular flexibility index (Phi) is 3.78. The molecule has 1 heterocycles. The van der Waals surface area contributed by atoms with E-state index in [1.54, 1.807) is 19.9 Å². The van der Waals surface area contributed by atoms with Crippen molar-refractivity contribution in [3.63, 3.8) is 0 Å². The Bertz CT molecular complexity index is 766. The van der Waals surface area contributed by atoms with E-state index in [0.29, 0.717) is 10.6 Å². The number of carboxylic acids is 1. The van der Waals surface area contributed by atoms with Gasteiger partial charge in [0, 0.05) is 0 Å². The van der Waals surface area contributed by atoms with Gasteiger partial charge in [0.1, 0.15) is 0 Å². The molecule has 0 unspecified atom stereocenters. The number of anilines is 1. The number of nitrogens with one attached hydrogen (secondary N) is 1. The summed E-state index contributed by atoms with van der Waals surface area (Å²) in [6.07, 6.45) is 1.28. The predicted octanol–water partition coefficient (Wildman–Crippen LogP) is 2.26. The lowest BCUT2D eigenvalue weighted by Crippen LogP contribution is -2.13. The van der Waals surface area contributed by atoms with Crippen LogP contribution in [-0.2, 0) is 10.0 Å². The molecular formula is C12H12N2O4S2. The maximum Gasteiger partial charge on any atom is 0.335 e. The van der Waals surface area contributed by atoms with Gasteiger partial charge in [0.15, 0.2) is 4.21 Å². The molecule has 0 fully saturated rings. The third-order valence-electron chi connectivity index (χ3n) is 2.59. The first-order valence-corrected chi connectivity index (χ1v) is 7.89. The lowest BCUT2D eigenvalue weighted by molar-refractivity contribution is 0.0697. The summed E-state index contributed by atoms with van der Waals surface area (Å²) in [6.45, 7) is 3.40. The van der Waals surface area contributed by atoms with E-state index in [1.807, 2.05) is 0 Å². The van der Waals surface area contributed by atoms with Crippen LogP contribution in [0.4, 0.5) is 5.69 Å². The maximum atomic E-state index is 12.2. The van der Waals surface area contributed by atoms with Crippen molar-refractivity contribution >= 4 is 33.0 Å². The molecule has 0 saturated heterocycles. The molecule has 0 aliphatic heterocycles. The minimum absolute atomic E-state index is 0.0220. The third kappa shape index (κ3) is 2.97. The van der Waals surface area contributed by atoms with Crippen molar-refractivity contribution in [3.8, 4) is 0 Å². The average molecular weight is 312 g/mol. The molecule has 6 nitrogen and oxygen atoms in total. The maximum absolute atomic E-state index is 12.2. The van der Waals surface area contributed by atoms with Crippen LogP contribution in [-0.4, -0.2) is 24.5 Å². The molecule has 20 heavy (non-hydrogen) atoms. The summed E-state index contributed by atoms with van der Waals surface area (Å²) in [4.78, 5) is 14.8. The lowest BCUT2D eigenvalue weighted by Gasteiger charge is -2.09. The number of aromatic nitrogens is 1. The summed E-state index contributed by atoms with van der Waals surface area (Å²) in [6, 6.07) is 4.27. The first-order valence-electron chi connectivity index (χ1n) is 5.59. The van der Waals surface area contributed by atoms with E-state index in [0.717, 1.165) is 11.3 Å². The fourth-order valence-electron chi connectivity index (χ4n) is 1.53. The molecule has 2 rings (SSSR count). The molecule has 2 N–H and O–H groups in total. The number of thiazole rings is 1. The van der Waals surface area contributed by atoms with E-state index in [1.165, 1.54) is 18.3 Å². The number of sulfonamides is 1. The Balaban J connectivity index is 2.39. The van der Waals surface area contributed by atoms with Gasteiger partial charge in [-0.2, -0.15) is 0 Å². The molecule has 0 radical (unpaired) electrons. The minimum Gasteiger partial charge on any atom is -0.478 e. The van der Waals surface area contributed by atoms with Crippen LogP contribution in [0.15, 0.2) is 28.6 Å². The van der Waals surface area contributed by atoms with E-state index in [9.17, 15) is 13.2 Å². The predicted molar refractivity (Wildman–Crippen MR) is 75.8 cm³/mol. The summed E-state index contributed by atoms with van der Waals surface area (Å²) in [5.74, 6) is -1.11. The van der Waals surface area contributed by atoms with Gasteiger partial charge in [0.25, 0.3) is 10.0 Å². The van der Waals surface area contributed by atoms with Gasteiger partial charge >= 0.3 is 5.97 Å². The van der Waals surface area contributed by atoms with Crippen LogP contribution in [0.3, 0.4) is 0 Å². The second-order valence-corrected chi connectivity index (χ2v) is 7.28. The normalized spacial score (nSPS) is 11.3. The number of hydrogen-bond acceptors (Lipinski definition) is 5. The summed E-state index contributed by atoms with van der Waals surface area (Å²) in [7, 11) is -3.74. The molecule has 0 spiro atoms. The molecule has 106 valence electrons. The van der Waals surface area contributed by atoms with Crippen LogP contribution in [0.5, 0.6) is 0 Å². The van der Waals surface area contributed by atoms with Crippen LogP contribution in [0.1, 0.15) is 20.9 Å². The van der Waals surface area contributed by atoms with Gasteiger partial charge < -0.3 is 5.11 Å². The standard InChI is InChI=1S/C12H12N2O4S2/c1-7-3-4-9(12(15)16)5-10(7)14-20(17,18)11-6-13-8(2)19-11/h3-6,14H,1-2H3,(H,15,16). The topological polar surface area (TPSA) is 96.4 Å². The van der Waals surface area contributed by atoms with E-state index >= 15 is 0 Å². The van der Waals surface area contributed by atoms with Crippen molar-refractivity contribution in [2.75, 3.05) is 4.72 Å². The molecule has 0 bridgehead atoms. The van der Waals surface area contributed by atoms with Crippen LogP contribution in [0.2, 0.25) is 0 Å². The third-order valence-corrected chi connectivity index (χ3v) is 5.33. The van der Waals surface area contributed by atoms with E-state index in [-0.39, 0.29) is 15.5 Å². The van der Waals surface area contributed by atoms with Gasteiger partial charge in [-0.25, -0.2) is 18.2 Å². The monoisotopic (exact) mass is 312 g/mol. The summed E-state index contributed by atoms with van der Waals surface area (Å²) >= 11 is 1.05. The molecule has 8 heteroatoms. The SMILES string of the molecule is Cc1ncc(S(=O)(=O)Nc2cc(C(=O)O)ccc2C)s1. The molecule has 0 aliphatic rings. The Morgan fingerprint density at radius 1 is 1.35 bits per heavy atom. The minimum atomic E-state index is -3.74. The van der Waals surface area contributed by atoms with Gasteiger partial charge in [-0.3, -0.25) is 4.72 Å². The van der Waals surface area contributed by atoms with Crippen molar-refractivity contribution in [2.24, 2.45) is 0 Å². The van der Waals surface area contributed by atoms with Crippen LogP contribution < -0.4 is 4.72 Å². The van der Waals surface area contributed by atoms with E-state index in [4.69, 9.17) is 5.11 Å². The van der Waals surface area contributed by atoms with E-state index < -0.39 is 16.0 Å². The molecule has 2 aromatic rings. The van der Waals surface area contributed by atoms with Crippen molar-refractivity contribution in [1.29, 1.82) is 0 Å².